The molecule has 0 radical (unpaired) electrons. The minimum Gasteiger partial charge on any atom is -0.487 e. The van der Waals surface area contributed by atoms with E-state index in [2.05, 4.69) is 10.3 Å². The molecule has 0 bridgehead atoms. The van der Waals surface area contributed by atoms with Gasteiger partial charge in [-0.05, 0) is 38.8 Å². The molecule has 1 aliphatic rings. The van der Waals surface area contributed by atoms with E-state index in [0.717, 1.165) is 25.9 Å². The molecule has 5 nitrogen and oxygen atoms in total. The Labute approximate surface area is 114 Å². The summed E-state index contributed by atoms with van der Waals surface area (Å²) >= 11 is 0. The SMILES string of the molecule is CC(C)Oc1cccnc1NCC(=O)N1CCCC1. The normalized spacial score (nSPS) is 14.8. The van der Waals surface area contributed by atoms with Gasteiger partial charge in [-0.1, -0.05) is 0 Å². The Morgan fingerprint density at radius 3 is 2.89 bits per heavy atom. The summed E-state index contributed by atoms with van der Waals surface area (Å²) in [6.45, 7) is 5.94. The van der Waals surface area contributed by atoms with Gasteiger partial charge in [0.05, 0.1) is 12.6 Å². The molecule has 0 aromatic carbocycles. The topological polar surface area (TPSA) is 54.5 Å². The van der Waals surface area contributed by atoms with Gasteiger partial charge in [-0.3, -0.25) is 4.79 Å². The van der Waals surface area contributed by atoms with E-state index < -0.39 is 0 Å². The molecule has 1 aromatic heterocycles. The van der Waals surface area contributed by atoms with Gasteiger partial charge in [0.1, 0.15) is 0 Å². The first kappa shape index (κ1) is 13.6. The minimum absolute atomic E-state index is 0.0824. The zero-order valence-electron chi connectivity index (χ0n) is 11.6. The molecular weight excluding hydrogens is 242 g/mol. The van der Waals surface area contributed by atoms with Gasteiger partial charge in [0, 0.05) is 19.3 Å². The van der Waals surface area contributed by atoms with Crippen LogP contribution in [0.2, 0.25) is 0 Å². The van der Waals surface area contributed by atoms with Crippen molar-refractivity contribution in [2.24, 2.45) is 0 Å². The van der Waals surface area contributed by atoms with Gasteiger partial charge in [0.2, 0.25) is 5.91 Å². The summed E-state index contributed by atoms with van der Waals surface area (Å²) < 4.78 is 5.65. The average Bonchev–Trinajstić information content (AvgIpc) is 2.90. The number of hydrogen-bond donors (Lipinski definition) is 1. The van der Waals surface area contributed by atoms with E-state index in [9.17, 15) is 4.79 Å². The third-order valence-electron chi connectivity index (χ3n) is 3.00. The number of hydrogen-bond acceptors (Lipinski definition) is 4. The van der Waals surface area contributed by atoms with Gasteiger partial charge >= 0.3 is 0 Å². The number of pyridine rings is 1. The van der Waals surface area contributed by atoms with Gasteiger partial charge < -0.3 is 15.0 Å². The fraction of sp³-hybridized carbons (Fsp3) is 0.571. The van der Waals surface area contributed by atoms with Crippen molar-refractivity contribution < 1.29 is 9.53 Å². The summed E-state index contributed by atoms with van der Waals surface area (Å²) in [4.78, 5) is 18.1. The second kappa shape index (κ2) is 6.41. The quantitative estimate of drug-likeness (QED) is 0.881. The predicted molar refractivity (Wildman–Crippen MR) is 74.3 cm³/mol. The van der Waals surface area contributed by atoms with Crippen LogP contribution in [0.4, 0.5) is 5.82 Å². The number of nitrogens with zero attached hydrogens (tertiary/aromatic N) is 2. The number of carbonyl (C=O) groups excluding carboxylic acids is 1. The van der Waals surface area contributed by atoms with Crippen LogP contribution in [-0.2, 0) is 4.79 Å². The Bertz CT molecular complexity index is 428. The van der Waals surface area contributed by atoms with Crippen molar-refractivity contribution in [3.63, 3.8) is 0 Å². The molecule has 2 rings (SSSR count). The molecule has 0 atom stereocenters. The largest absolute Gasteiger partial charge is 0.487 e. The van der Waals surface area contributed by atoms with Crippen LogP contribution in [0, 0.1) is 0 Å². The van der Waals surface area contributed by atoms with Crippen LogP contribution in [0.25, 0.3) is 0 Å². The molecule has 0 saturated carbocycles. The highest BCUT2D eigenvalue weighted by atomic mass is 16.5. The number of aromatic nitrogens is 1. The Morgan fingerprint density at radius 1 is 1.47 bits per heavy atom. The maximum absolute atomic E-state index is 11.9. The van der Waals surface area contributed by atoms with E-state index in [1.807, 2.05) is 30.9 Å². The third-order valence-corrected chi connectivity index (χ3v) is 3.00. The Kier molecular flexibility index (Phi) is 4.60. The Hall–Kier alpha value is -1.78. The van der Waals surface area contributed by atoms with Crippen molar-refractivity contribution in [1.29, 1.82) is 0 Å². The average molecular weight is 263 g/mol. The molecular formula is C14H21N3O2. The molecule has 1 fully saturated rings. The number of carbonyl (C=O) groups is 1. The fourth-order valence-corrected chi connectivity index (χ4v) is 2.11. The molecule has 1 aliphatic heterocycles. The highest BCUT2D eigenvalue weighted by molar-refractivity contribution is 5.81. The first-order valence-electron chi connectivity index (χ1n) is 6.80. The zero-order valence-corrected chi connectivity index (χ0v) is 11.6. The molecule has 1 N–H and O–H groups in total. The van der Waals surface area contributed by atoms with E-state index in [-0.39, 0.29) is 18.6 Å². The smallest absolute Gasteiger partial charge is 0.241 e. The Balaban J connectivity index is 1.93. The summed E-state index contributed by atoms with van der Waals surface area (Å²) in [5.74, 6) is 1.44. The van der Waals surface area contributed by atoms with Crippen LogP contribution in [0.1, 0.15) is 26.7 Å². The van der Waals surface area contributed by atoms with Crippen molar-refractivity contribution >= 4 is 11.7 Å². The molecule has 1 saturated heterocycles. The number of likely N-dealkylation sites (tertiary alicyclic amines) is 1. The van der Waals surface area contributed by atoms with Gasteiger partial charge in [-0.15, -0.1) is 0 Å². The molecule has 5 heteroatoms. The third kappa shape index (κ3) is 3.84. The van der Waals surface area contributed by atoms with Crippen LogP contribution in [-0.4, -0.2) is 41.5 Å². The molecule has 2 heterocycles. The number of ether oxygens (including phenoxy) is 1. The van der Waals surface area contributed by atoms with Crippen molar-refractivity contribution in [2.75, 3.05) is 25.0 Å². The standard InChI is InChI=1S/C14H21N3O2/c1-11(2)19-12-6-5-7-15-14(12)16-10-13(18)17-8-3-4-9-17/h5-7,11H,3-4,8-10H2,1-2H3,(H,15,16). The van der Waals surface area contributed by atoms with E-state index >= 15 is 0 Å². The van der Waals surface area contributed by atoms with Crippen LogP contribution in [0.15, 0.2) is 18.3 Å². The molecule has 0 spiro atoms. The zero-order chi connectivity index (χ0) is 13.7. The van der Waals surface area contributed by atoms with Crippen LogP contribution in [0.5, 0.6) is 5.75 Å². The summed E-state index contributed by atoms with van der Waals surface area (Å²) in [5, 5.41) is 3.07. The number of amides is 1. The predicted octanol–water partition coefficient (Wildman–Crippen LogP) is 1.90. The lowest BCUT2D eigenvalue weighted by Gasteiger charge is -2.17. The van der Waals surface area contributed by atoms with Gasteiger partial charge in [0.25, 0.3) is 0 Å². The summed E-state index contributed by atoms with van der Waals surface area (Å²) in [6.07, 6.45) is 3.99. The monoisotopic (exact) mass is 263 g/mol. The fourth-order valence-electron chi connectivity index (χ4n) is 2.11. The van der Waals surface area contributed by atoms with Crippen molar-refractivity contribution in [3.8, 4) is 5.75 Å². The molecule has 1 aromatic rings. The van der Waals surface area contributed by atoms with Crippen LogP contribution >= 0.6 is 0 Å². The van der Waals surface area contributed by atoms with Gasteiger partial charge in [-0.25, -0.2) is 4.98 Å². The summed E-state index contributed by atoms with van der Waals surface area (Å²) in [5.41, 5.74) is 0. The van der Waals surface area contributed by atoms with Crippen LogP contribution < -0.4 is 10.1 Å². The van der Waals surface area contributed by atoms with Gasteiger partial charge in [-0.2, -0.15) is 0 Å². The van der Waals surface area contributed by atoms with E-state index in [0.29, 0.717) is 11.6 Å². The number of anilines is 1. The van der Waals surface area contributed by atoms with E-state index in [1.165, 1.54) is 0 Å². The molecule has 0 aliphatic carbocycles. The van der Waals surface area contributed by atoms with Crippen molar-refractivity contribution in [2.45, 2.75) is 32.8 Å². The lowest BCUT2D eigenvalue weighted by Crippen LogP contribution is -2.33. The van der Waals surface area contributed by atoms with Crippen molar-refractivity contribution in [3.05, 3.63) is 18.3 Å². The second-order valence-electron chi connectivity index (χ2n) is 4.96. The van der Waals surface area contributed by atoms with E-state index in [4.69, 9.17) is 4.74 Å². The number of nitrogens with one attached hydrogen (secondary N) is 1. The second-order valence-corrected chi connectivity index (χ2v) is 4.96. The van der Waals surface area contributed by atoms with Crippen molar-refractivity contribution in [1.82, 2.24) is 9.88 Å². The lowest BCUT2D eigenvalue weighted by atomic mass is 10.4. The molecule has 19 heavy (non-hydrogen) atoms. The lowest BCUT2D eigenvalue weighted by molar-refractivity contribution is -0.128. The molecule has 104 valence electrons. The maximum atomic E-state index is 11.9. The highest BCUT2D eigenvalue weighted by Gasteiger charge is 2.18. The first-order valence-corrected chi connectivity index (χ1v) is 6.80. The van der Waals surface area contributed by atoms with Crippen LogP contribution in [0.3, 0.4) is 0 Å². The summed E-state index contributed by atoms with van der Waals surface area (Å²) in [7, 11) is 0. The highest BCUT2D eigenvalue weighted by Crippen LogP contribution is 2.22. The number of rotatable bonds is 5. The first-order chi connectivity index (χ1) is 9.16. The molecule has 1 amide bonds. The minimum atomic E-state index is 0.0824. The van der Waals surface area contributed by atoms with E-state index in [1.54, 1.807) is 6.20 Å². The Morgan fingerprint density at radius 2 is 2.21 bits per heavy atom. The molecule has 0 unspecified atom stereocenters. The van der Waals surface area contributed by atoms with Gasteiger partial charge in [0.15, 0.2) is 11.6 Å². The summed E-state index contributed by atoms with van der Waals surface area (Å²) in [6, 6.07) is 3.68. The maximum Gasteiger partial charge on any atom is 0.241 e.